The molecule has 2 atom stereocenters. The number of carbonyl (C=O) groups excluding carboxylic acids is 2. The summed E-state index contributed by atoms with van der Waals surface area (Å²) in [6.07, 6.45) is 18.1. The van der Waals surface area contributed by atoms with Crippen LogP contribution < -0.4 is 0 Å². The number of rotatable bonds is 29. The van der Waals surface area contributed by atoms with Gasteiger partial charge in [-0.15, -0.1) is 0 Å². The Morgan fingerprint density at radius 1 is 0.476 bits per heavy atom. The summed E-state index contributed by atoms with van der Waals surface area (Å²) in [6, 6.07) is 0. The van der Waals surface area contributed by atoms with Crippen molar-refractivity contribution in [3.8, 4) is 0 Å². The number of hydrogen-bond acceptors (Lipinski definition) is 8. The first-order chi connectivity index (χ1) is 19.9. The van der Waals surface area contributed by atoms with E-state index in [1.54, 1.807) is 0 Å². The quantitative estimate of drug-likeness (QED) is 0.0484. The minimum atomic E-state index is -4.63. The summed E-state index contributed by atoms with van der Waals surface area (Å²) in [7, 11) is -9.26. The topological polar surface area (TPSA) is 161 Å². The molecule has 0 bridgehead atoms. The fourth-order valence-electron chi connectivity index (χ4n) is 4.79. The van der Waals surface area contributed by atoms with Crippen LogP contribution in [-0.2, 0) is 39.3 Å². The summed E-state index contributed by atoms with van der Waals surface area (Å²) >= 11 is 0. The van der Waals surface area contributed by atoms with Gasteiger partial charge in [-0.25, -0.2) is 0 Å². The molecular weight excluding hydrogens is 584 g/mol. The molecule has 0 spiro atoms. The summed E-state index contributed by atoms with van der Waals surface area (Å²) in [5.74, 6) is -1.93. The molecule has 0 aliphatic heterocycles. The second-order valence-electron chi connectivity index (χ2n) is 11.3. The summed E-state index contributed by atoms with van der Waals surface area (Å²) in [4.78, 5) is 24.6. The standard InChI is InChI=1S/C30H58O10S2/c1-3-5-7-9-11-13-17-21-25-39-29(31)27(41(33,34)35)23-19-15-16-20-24-28(42(36,37)38)30(32)40-26-22-18-14-12-10-8-6-4-2/h27-28H,3-26H2,1-2H3,(H,33,34,35)(H,36,37,38). The van der Waals surface area contributed by atoms with Crippen molar-refractivity contribution in [2.45, 2.75) is 166 Å². The summed E-state index contributed by atoms with van der Waals surface area (Å²) in [5, 5.41) is -3.33. The summed E-state index contributed by atoms with van der Waals surface area (Å²) in [5.41, 5.74) is 0. The van der Waals surface area contributed by atoms with Crippen molar-refractivity contribution in [1.29, 1.82) is 0 Å². The molecule has 0 amide bonds. The van der Waals surface area contributed by atoms with Gasteiger partial charge in [0.2, 0.25) is 0 Å². The van der Waals surface area contributed by atoms with Crippen LogP contribution in [0.4, 0.5) is 0 Å². The molecule has 2 N–H and O–H groups in total. The second-order valence-corrected chi connectivity index (χ2v) is 14.5. The molecule has 0 radical (unpaired) electrons. The average Bonchev–Trinajstić information content (AvgIpc) is 2.91. The molecule has 12 heteroatoms. The van der Waals surface area contributed by atoms with Gasteiger partial charge in [-0.1, -0.05) is 129 Å². The maximum atomic E-state index is 12.3. The third kappa shape index (κ3) is 22.3. The van der Waals surface area contributed by atoms with E-state index < -0.39 is 42.7 Å². The molecule has 0 saturated carbocycles. The van der Waals surface area contributed by atoms with Gasteiger partial charge in [0, 0.05) is 0 Å². The van der Waals surface area contributed by atoms with Crippen LogP contribution in [0.3, 0.4) is 0 Å². The Balaban J connectivity index is 4.30. The highest BCUT2D eigenvalue weighted by molar-refractivity contribution is 7.87. The zero-order chi connectivity index (χ0) is 31.7. The average molecular weight is 643 g/mol. The Kier molecular flexibility index (Phi) is 24.4. The van der Waals surface area contributed by atoms with Crippen molar-refractivity contribution in [2.24, 2.45) is 0 Å². The minimum Gasteiger partial charge on any atom is -0.465 e. The molecule has 0 aromatic carbocycles. The normalized spacial score (nSPS) is 13.5. The van der Waals surface area contributed by atoms with Crippen LogP contribution in [0.15, 0.2) is 0 Å². The SMILES string of the molecule is CCCCCCCCCCOC(=O)C(CCCCCCC(C(=O)OCCCCCCCCCC)S(=O)(=O)O)S(=O)(=O)O. The van der Waals surface area contributed by atoms with E-state index in [0.29, 0.717) is 25.7 Å². The van der Waals surface area contributed by atoms with Gasteiger partial charge in [-0.3, -0.25) is 18.7 Å². The zero-order valence-corrected chi connectivity index (χ0v) is 27.7. The van der Waals surface area contributed by atoms with Crippen LogP contribution in [-0.4, -0.2) is 61.6 Å². The Hall–Kier alpha value is -1.24. The Bertz CT molecular complexity index is 829. The van der Waals surface area contributed by atoms with Gasteiger partial charge >= 0.3 is 11.9 Å². The molecule has 2 unspecified atom stereocenters. The van der Waals surface area contributed by atoms with E-state index in [1.165, 1.54) is 51.4 Å². The Labute approximate surface area is 255 Å². The fraction of sp³-hybridized carbons (Fsp3) is 0.933. The maximum Gasteiger partial charge on any atom is 0.326 e. The van der Waals surface area contributed by atoms with Crippen molar-refractivity contribution in [3.05, 3.63) is 0 Å². The molecule has 0 rings (SSSR count). The van der Waals surface area contributed by atoms with E-state index in [1.807, 2.05) is 0 Å². The van der Waals surface area contributed by atoms with Crippen molar-refractivity contribution < 1.29 is 45.0 Å². The molecule has 42 heavy (non-hydrogen) atoms. The highest BCUT2D eigenvalue weighted by Crippen LogP contribution is 2.18. The van der Waals surface area contributed by atoms with E-state index in [-0.39, 0.29) is 38.9 Å². The fourth-order valence-corrected chi connectivity index (χ4v) is 6.34. The minimum absolute atomic E-state index is 0.103. The van der Waals surface area contributed by atoms with Crippen LogP contribution in [0.2, 0.25) is 0 Å². The first-order valence-corrected chi connectivity index (χ1v) is 19.2. The van der Waals surface area contributed by atoms with Crippen LogP contribution in [0.1, 0.15) is 155 Å². The van der Waals surface area contributed by atoms with Gasteiger partial charge in [-0.05, 0) is 25.7 Å². The number of carbonyl (C=O) groups is 2. The molecule has 10 nitrogen and oxygen atoms in total. The molecule has 0 aromatic rings. The van der Waals surface area contributed by atoms with Gasteiger partial charge in [0.15, 0.2) is 10.5 Å². The highest BCUT2D eigenvalue weighted by Gasteiger charge is 2.33. The van der Waals surface area contributed by atoms with E-state index in [2.05, 4.69) is 13.8 Å². The van der Waals surface area contributed by atoms with Gasteiger partial charge in [-0.2, -0.15) is 16.8 Å². The van der Waals surface area contributed by atoms with Crippen molar-refractivity contribution >= 4 is 32.2 Å². The van der Waals surface area contributed by atoms with E-state index in [4.69, 9.17) is 9.47 Å². The monoisotopic (exact) mass is 642 g/mol. The summed E-state index contributed by atoms with van der Waals surface area (Å²) in [6.45, 7) is 4.53. The number of esters is 2. The molecule has 0 saturated heterocycles. The maximum absolute atomic E-state index is 12.3. The van der Waals surface area contributed by atoms with Crippen LogP contribution in [0.25, 0.3) is 0 Å². The zero-order valence-electron chi connectivity index (χ0n) is 26.1. The van der Waals surface area contributed by atoms with Gasteiger partial charge in [0.25, 0.3) is 20.2 Å². The van der Waals surface area contributed by atoms with E-state index in [9.17, 15) is 35.5 Å². The number of ether oxygens (including phenoxy) is 2. The molecule has 0 aromatic heterocycles. The number of hydrogen-bond donors (Lipinski definition) is 2. The lowest BCUT2D eigenvalue weighted by Crippen LogP contribution is -2.32. The lowest BCUT2D eigenvalue weighted by Gasteiger charge is -2.14. The van der Waals surface area contributed by atoms with Crippen molar-refractivity contribution in [3.63, 3.8) is 0 Å². The summed E-state index contributed by atoms with van der Waals surface area (Å²) < 4.78 is 76.1. The van der Waals surface area contributed by atoms with Gasteiger partial charge in [0.05, 0.1) is 13.2 Å². The number of unbranched alkanes of at least 4 members (excludes halogenated alkanes) is 17. The van der Waals surface area contributed by atoms with Gasteiger partial charge < -0.3 is 9.47 Å². The lowest BCUT2D eigenvalue weighted by molar-refractivity contribution is -0.144. The predicted octanol–water partition coefficient (Wildman–Crippen LogP) is 7.21. The van der Waals surface area contributed by atoms with E-state index >= 15 is 0 Å². The first-order valence-electron chi connectivity index (χ1n) is 16.2. The third-order valence-electron chi connectivity index (χ3n) is 7.41. The third-order valence-corrected chi connectivity index (χ3v) is 9.71. The molecular formula is C30H58O10S2. The molecule has 0 aliphatic rings. The molecule has 0 heterocycles. The Morgan fingerprint density at radius 2 is 0.738 bits per heavy atom. The predicted molar refractivity (Wildman–Crippen MR) is 166 cm³/mol. The van der Waals surface area contributed by atoms with Crippen LogP contribution >= 0.6 is 0 Å². The second kappa shape index (κ2) is 25.1. The van der Waals surface area contributed by atoms with Gasteiger partial charge in [0.1, 0.15) is 0 Å². The molecule has 0 aliphatic carbocycles. The van der Waals surface area contributed by atoms with Crippen molar-refractivity contribution in [1.82, 2.24) is 0 Å². The van der Waals surface area contributed by atoms with Crippen molar-refractivity contribution in [2.75, 3.05) is 13.2 Å². The first kappa shape index (κ1) is 40.8. The molecule has 250 valence electrons. The van der Waals surface area contributed by atoms with Crippen LogP contribution in [0.5, 0.6) is 0 Å². The Morgan fingerprint density at radius 3 is 1.02 bits per heavy atom. The highest BCUT2D eigenvalue weighted by atomic mass is 32.2. The largest absolute Gasteiger partial charge is 0.465 e. The van der Waals surface area contributed by atoms with E-state index in [0.717, 1.165) is 38.5 Å². The smallest absolute Gasteiger partial charge is 0.326 e. The molecule has 0 fully saturated rings. The lowest BCUT2D eigenvalue weighted by atomic mass is 10.1. The van der Waals surface area contributed by atoms with Crippen LogP contribution in [0, 0.1) is 0 Å².